The predicted octanol–water partition coefficient (Wildman–Crippen LogP) is 2.87. The van der Waals surface area contributed by atoms with Gasteiger partial charge < -0.3 is 15.2 Å². The Morgan fingerprint density at radius 1 is 1.00 bits per heavy atom. The van der Waals surface area contributed by atoms with Gasteiger partial charge in [-0.2, -0.15) is 0 Å². The van der Waals surface area contributed by atoms with Gasteiger partial charge in [0.05, 0.1) is 18.8 Å². The molecule has 0 bridgehead atoms. The maximum Gasteiger partial charge on any atom is 0.0624 e. The van der Waals surface area contributed by atoms with Crippen LogP contribution in [-0.2, 0) is 9.47 Å². The summed E-state index contributed by atoms with van der Waals surface area (Å²) in [6.07, 6.45) is 12.1. The monoisotopic (exact) mass is 255 g/mol. The summed E-state index contributed by atoms with van der Waals surface area (Å²) in [4.78, 5) is 0. The van der Waals surface area contributed by atoms with E-state index in [4.69, 9.17) is 15.2 Å². The van der Waals surface area contributed by atoms with E-state index in [0.29, 0.717) is 18.1 Å². The van der Waals surface area contributed by atoms with Crippen LogP contribution in [0, 0.1) is 5.92 Å². The molecule has 2 fully saturated rings. The third kappa shape index (κ3) is 4.22. The minimum absolute atomic E-state index is 0.244. The lowest BCUT2D eigenvalue weighted by Gasteiger charge is -2.31. The predicted molar refractivity (Wildman–Crippen MR) is 73.6 cm³/mol. The second kappa shape index (κ2) is 7.46. The number of hydrogen-bond donors (Lipinski definition) is 1. The average Bonchev–Trinajstić information content (AvgIpc) is 2.46. The zero-order valence-corrected chi connectivity index (χ0v) is 11.8. The first kappa shape index (κ1) is 14.3. The van der Waals surface area contributed by atoms with E-state index in [1.807, 2.05) is 0 Å². The number of methoxy groups -OCH3 is 1. The summed E-state index contributed by atoms with van der Waals surface area (Å²) >= 11 is 0. The molecule has 2 N–H and O–H groups in total. The lowest BCUT2D eigenvalue weighted by Crippen LogP contribution is -2.38. The number of ether oxygens (including phenoxy) is 2. The second-order valence-corrected chi connectivity index (χ2v) is 6.04. The molecule has 2 rings (SSSR count). The van der Waals surface area contributed by atoms with Crippen molar-refractivity contribution in [2.45, 2.75) is 76.0 Å². The Labute approximate surface area is 111 Å². The van der Waals surface area contributed by atoms with E-state index in [0.717, 1.165) is 13.0 Å². The molecular formula is C15H29NO2. The Hall–Kier alpha value is -0.120. The van der Waals surface area contributed by atoms with Gasteiger partial charge in [0.2, 0.25) is 0 Å². The molecule has 0 amide bonds. The van der Waals surface area contributed by atoms with Crippen molar-refractivity contribution in [1.82, 2.24) is 0 Å². The fourth-order valence-electron chi connectivity index (χ4n) is 3.41. The van der Waals surface area contributed by atoms with Gasteiger partial charge in [-0.1, -0.05) is 19.3 Å². The summed E-state index contributed by atoms with van der Waals surface area (Å²) in [6, 6.07) is 0.244. The van der Waals surface area contributed by atoms with Crippen LogP contribution in [-0.4, -0.2) is 32.0 Å². The minimum Gasteiger partial charge on any atom is -0.381 e. The smallest absolute Gasteiger partial charge is 0.0624 e. The third-order valence-corrected chi connectivity index (χ3v) is 4.69. The van der Waals surface area contributed by atoms with Gasteiger partial charge >= 0.3 is 0 Å². The van der Waals surface area contributed by atoms with Crippen molar-refractivity contribution in [1.29, 1.82) is 0 Å². The fourth-order valence-corrected chi connectivity index (χ4v) is 3.41. The molecule has 0 aliphatic heterocycles. The number of rotatable bonds is 5. The highest BCUT2D eigenvalue weighted by molar-refractivity contribution is 4.78. The molecule has 3 atom stereocenters. The number of nitrogens with two attached hydrogens (primary N) is 1. The molecule has 0 aromatic rings. The Morgan fingerprint density at radius 2 is 1.72 bits per heavy atom. The zero-order chi connectivity index (χ0) is 12.8. The highest BCUT2D eigenvalue weighted by Crippen LogP contribution is 2.27. The van der Waals surface area contributed by atoms with E-state index in [-0.39, 0.29) is 6.04 Å². The quantitative estimate of drug-likeness (QED) is 0.821. The molecular weight excluding hydrogens is 226 g/mol. The molecule has 2 aliphatic carbocycles. The summed E-state index contributed by atoms with van der Waals surface area (Å²) in [5.41, 5.74) is 6.28. The van der Waals surface area contributed by atoms with Gasteiger partial charge in [0.1, 0.15) is 0 Å². The van der Waals surface area contributed by atoms with E-state index >= 15 is 0 Å². The molecule has 0 aromatic carbocycles. The second-order valence-electron chi connectivity index (χ2n) is 6.04. The van der Waals surface area contributed by atoms with Crippen molar-refractivity contribution in [2.24, 2.45) is 11.7 Å². The highest BCUT2D eigenvalue weighted by Gasteiger charge is 2.25. The molecule has 2 saturated carbocycles. The van der Waals surface area contributed by atoms with Gasteiger partial charge in [-0.05, 0) is 44.4 Å². The van der Waals surface area contributed by atoms with Crippen LogP contribution in [0.1, 0.15) is 57.8 Å². The normalized spacial score (nSPS) is 32.3. The van der Waals surface area contributed by atoms with Crippen molar-refractivity contribution in [3.63, 3.8) is 0 Å². The summed E-state index contributed by atoms with van der Waals surface area (Å²) in [5, 5.41) is 0. The van der Waals surface area contributed by atoms with Crippen molar-refractivity contribution >= 4 is 0 Å². The molecule has 0 spiro atoms. The Bertz CT molecular complexity index is 227. The van der Waals surface area contributed by atoms with E-state index in [1.54, 1.807) is 7.11 Å². The topological polar surface area (TPSA) is 44.5 Å². The number of hydrogen-bond acceptors (Lipinski definition) is 3. The van der Waals surface area contributed by atoms with Crippen molar-refractivity contribution in [2.75, 3.05) is 13.7 Å². The van der Waals surface area contributed by atoms with Gasteiger partial charge in [0, 0.05) is 13.2 Å². The van der Waals surface area contributed by atoms with Gasteiger partial charge in [-0.25, -0.2) is 0 Å². The van der Waals surface area contributed by atoms with Crippen molar-refractivity contribution in [3.8, 4) is 0 Å². The summed E-state index contributed by atoms with van der Waals surface area (Å²) < 4.78 is 11.5. The molecule has 3 unspecified atom stereocenters. The van der Waals surface area contributed by atoms with Crippen LogP contribution in [0.15, 0.2) is 0 Å². The molecule has 106 valence electrons. The van der Waals surface area contributed by atoms with Crippen molar-refractivity contribution in [3.05, 3.63) is 0 Å². The molecule has 3 heteroatoms. The van der Waals surface area contributed by atoms with E-state index in [9.17, 15) is 0 Å². The highest BCUT2D eigenvalue weighted by atomic mass is 16.5. The maximum atomic E-state index is 6.28. The van der Waals surface area contributed by atoms with Gasteiger partial charge in [0.15, 0.2) is 0 Å². The Balaban J connectivity index is 1.66. The Morgan fingerprint density at radius 3 is 2.44 bits per heavy atom. The van der Waals surface area contributed by atoms with Gasteiger partial charge in [0.25, 0.3) is 0 Å². The Kier molecular flexibility index (Phi) is 5.93. The molecule has 18 heavy (non-hydrogen) atoms. The third-order valence-electron chi connectivity index (χ3n) is 4.69. The van der Waals surface area contributed by atoms with Gasteiger partial charge in [-0.15, -0.1) is 0 Å². The SMILES string of the molecule is COC1CCCC(OCC(N)C2CCCCC2)C1. The first-order valence-electron chi connectivity index (χ1n) is 7.69. The van der Waals surface area contributed by atoms with Crippen LogP contribution in [0.2, 0.25) is 0 Å². The average molecular weight is 255 g/mol. The molecule has 0 heterocycles. The molecule has 0 saturated heterocycles. The zero-order valence-electron chi connectivity index (χ0n) is 11.8. The van der Waals surface area contributed by atoms with Crippen molar-refractivity contribution < 1.29 is 9.47 Å². The molecule has 3 nitrogen and oxygen atoms in total. The summed E-state index contributed by atoms with van der Waals surface area (Å²) in [5.74, 6) is 0.695. The maximum absolute atomic E-state index is 6.28. The minimum atomic E-state index is 0.244. The largest absolute Gasteiger partial charge is 0.381 e. The van der Waals surface area contributed by atoms with Crippen LogP contribution in [0.4, 0.5) is 0 Å². The van der Waals surface area contributed by atoms with Crippen LogP contribution < -0.4 is 5.73 Å². The van der Waals surface area contributed by atoms with E-state index < -0.39 is 0 Å². The summed E-state index contributed by atoms with van der Waals surface area (Å²) in [7, 11) is 1.81. The standard InChI is InChI=1S/C15H29NO2/c1-17-13-8-5-9-14(10-13)18-11-15(16)12-6-3-2-4-7-12/h12-15H,2-11,16H2,1H3. The molecule has 0 radical (unpaired) electrons. The van der Waals surface area contributed by atoms with Crippen LogP contribution >= 0.6 is 0 Å². The van der Waals surface area contributed by atoms with E-state index in [1.165, 1.54) is 51.4 Å². The lowest BCUT2D eigenvalue weighted by molar-refractivity contribution is -0.0377. The van der Waals surface area contributed by atoms with Crippen LogP contribution in [0.3, 0.4) is 0 Å². The van der Waals surface area contributed by atoms with Gasteiger partial charge in [-0.3, -0.25) is 0 Å². The fraction of sp³-hybridized carbons (Fsp3) is 1.00. The first-order chi connectivity index (χ1) is 8.79. The first-order valence-corrected chi connectivity index (χ1v) is 7.69. The molecule has 2 aliphatic rings. The summed E-state index contributed by atoms with van der Waals surface area (Å²) in [6.45, 7) is 0.742. The van der Waals surface area contributed by atoms with Crippen LogP contribution in [0.5, 0.6) is 0 Å². The lowest BCUT2D eigenvalue weighted by atomic mass is 9.84. The molecule has 0 aromatic heterocycles. The van der Waals surface area contributed by atoms with E-state index in [2.05, 4.69) is 0 Å². The van der Waals surface area contributed by atoms with Crippen LogP contribution in [0.25, 0.3) is 0 Å².